The first-order valence-electron chi connectivity index (χ1n) is 6.33. The molecule has 19 heavy (non-hydrogen) atoms. The van der Waals surface area contributed by atoms with Gasteiger partial charge in [-0.1, -0.05) is 60.7 Å². The second-order valence-electron chi connectivity index (χ2n) is 4.43. The van der Waals surface area contributed by atoms with Crippen molar-refractivity contribution < 1.29 is 0 Å². The molecule has 0 amide bonds. The van der Waals surface area contributed by atoms with Crippen LogP contribution in [-0.2, 0) is 6.42 Å². The Kier molecular flexibility index (Phi) is 3.32. The Hall–Kier alpha value is -2.48. The number of nitrogens with zero attached hydrogens (tertiary/aromatic N) is 2. The third kappa shape index (κ3) is 2.68. The molecule has 0 atom stereocenters. The van der Waals surface area contributed by atoms with E-state index in [1.807, 2.05) is 30.3 Å². The van der Waals surface area contributed by atoms with E-state index < -0.39 is 0 Å². The molecule has 0 spiro atoms. The quantitative estimate of drug-likeness (QED) is 0.703. The summed E-state index contributed by atoms with van der Waals surface area (Å²) >= 11 is 0. The maximum atomic E-state index is 4.30. The number of hydrogen-bond donors (Lipinski definition) is 0. The van der Waals surface area contributed by atoms with E-state index in [2.05, 4.69) is 46.6 Å². The van der Waals surface area contributed by atoms with Crippen molar-refractivity contribution in [3.63, 3.8) is 0 Å². The van der Waals surface area contributed by atoms with Crippen LogP contribution in [0.2, 0.25) is 0 Å². The van der Waals surface area contributed by atoms with Gasteiger partial charge in [0.2, 0.25) is 0 Å². The number of hydrogen-bond acceptors (Lipinski definition) is 2. The van der Waals surface area contributed by atoms with E-state index >= 15 is 0 Å². The number of benzene rings is 2. The molecule has 0 fully saturated rings. The van der Waals surface area contributed by atoms with E-state index in [1.54, 1.807) is 6.20 Å². The first kappa shape index (κ1) is 11.6. The highest BCUT2D eigenvalue weighted by molar-refractivity contribution is 5.62. The summed E-state index contributed by atoms with van der Waals surface area (Å²) in [6.45, 7) is 0. The van der Waals surface area contributed by atoms with Gasteiger partial charge in [-0.2, -0.15) is 10.2 Å². The molecule has 0 aliphatic carbocycles. The fourth-order valence-corrected chi connectivity index (χ4v) is 2.16. The van der Waals surface area contributed by atoms with Gasteiger partial charge in [0.25, 0.3) is 0 Å². The van der Waals surface area contributed by atoms with E-state index in [0.717, 1.165) is 17.7 Å². The van der Waals surface area contributed by atoms with E-state index in [1.165, 1.54) is 11.1 Å². The SMILES string of the molecule is c1ccc(Cc2ccnnc2-c2ccccc2)cc1. The molecule has 3 aromatic rings. The third-order valence-corrected chi connectivity index (χ3v) is 3.09. The predicted molar refractivity (Wildman–Crippen MR) is 76.7 cm³/mol. The van der Waals surface area contributed by atoms with Gasteiger partial charge in [-0.15, -0.1) is 0 Å². The first-order valence-corrected chi connectivity index (χ1v) is 6.33. The molecule has 2 nitrogen and oxygen atoms in total. The Bertz CT molecular complexity index is 648. The molecule has 0 saturated carbocycles. The molecule has 1 aromatic heterocycles. The smallest absolute Gasteiger partial charge is 0.0964 e. The second kappa shape index (κ2) is 5.44. The second-order valence-corrected chi connectivity index (χ2v) is 4.43. The predicted octanol–water partition coefficient (Wildman–Crippen LogP) is 3.73. The van der Waals surface area contributed by atoms with Crippen LogP contribution in [0.5, 0.6) is 0 Å². The van der Waals surface area contributed by atoms with Gasteiger partial charge in [0, 0.05) is 11.8 Å². The van der Waals surface area contributed by atoms with Gasteiger partial charge in [0.1, 0.15) is 0 Å². The summed E-state index contributed by atoms with van der Waals surface area (Å²) in [7, 11) is 0. The molecule has 2 aromatic carbocycles. The van der Waals surface area contributed by atoms with Gasteiger partial charge < -0.3 is 0 Å². The lowest BCUT2D eigenvalue weighted by atomic mass is 10.0. The Morgan fingerprint density at radius 3 is 2.16 bits per heavy atom. The van der Waals surface area contributed by atoms with Gasteiger partial charge >= 0.3 is 0 Å². The van der Waals surface area contributed by atoms with Crippen molar-refractivity contribution in [2.75, 3.05) is 0 Å². The topological polar surface area (TPSA) is 25.8 Å². The molecule has 0 aliphatic rings. The van der Waals surface area contributed by atoms with Gasteiger partial charge in [0.15, 0.2) is 0 Å². The van der Waals surface area contributed by atoms with Crippen LogP contribution in [0.25, 0.3) is 11.3 Å². The largest absolute Gasteiger partial charge is 0.159 e. The number of aromatic nitrogens is 2. The summed E-state index contributed by atoms with van der Waals surface area (Å²) in [5.41, 5.74) is 4.56. The average Bonchev–Trinajstić information content (AvgIpc) is 2.50. The summed E-state index contributed by atoms with van der Waals surface area (Å²) in [6.07, 6.45) is 2.63. The monoisotopic (exact) mass is 246 g/mol. The third-order valence-electron chi connectivity index (χ3n) is 3.09. The van der Waals surface area contributed by atoms with Crippen LogP contribution in [0.1, 0.15) is 11.1 Å². The van der Waals surface area contributed by atoms with Crippen LogP contribution in [0, 0.1) is 0 Å². The summed E-state index contributed by atoms with van der Waals surface area (Å²) < 4.78 is 0. The zero-order valence-electron chi connectivity index (χ0n) is 10.5. The molecule has 0 aliphatic heterocycles. The van der Waals surface area contributed by atoms with Crippen molar-refractivity contribution in [2.24, 2.45) is 0 Å². The molecule has 2 heteroatoms. The van der Waals surface area contributed by atoms with Crippen molar-refractivity contribution in [2.45, 2.75) is 6.42 Å². The van der Waals surface area contributed by atoms with E-state index in [0.29, 0.717) is 0 Å². The van der Waals surface area contributed by atoms with Crippen LogP contribution < -0.4 is 0 Å². The Labute approximate surface area is 112 Å². The van der Waals surface area contributed by atoms with Crippen molar-refractivity contribution >= 4 is 0 Å². The van der Waals surface area contributed by atoms with Crippen molar-refractivity contribution in [3.05, 3.63) is 84.1 Å². The summed E-state index contributed by atoms with van der Waals surface area (Å²) in [5.74, 6) is 0. The Morgan fingerprint density at radius 2 is 1.42 bits per heavy atom. The normalized spacial score (nSPS) is 10.3. The molecule has 0 N–H and O–H groups in total. The fourth-order valence-electron chi connectivity index (χ4n) is 2.16. The van der Waals surface area contributed by atoms with Crippen molar-refractivity contribution in [3.8, 4) is 11.3 Å². The maximum Gasteiger partial charge on any atom is 0.0964 e. The van der Waals surface area contributed by atoms with Gasteiger partial charge in [-0.25, -0.2) is 0 Å². The summed E-state index contributed by atoms with van der Waals surface area (Å²) in [4.78, 5) is 0. The van der Waals surface area contributed by atoms with Gasteiger partial charge in [-0.3, -0.25) is 0 Å². The molecule has 0 saturated heterocycles. The van der Waals surface area contributed by atoms with Crippen LogP contribution >= 0.6 is 0 Å². The first-order chi connectivity index (χ1) is 9.43. The number of rotatable bonds is 3. The zero-order valence-corrected chi connectivity index (χ0v) is 10.5. The minimum absolute atomic E-state index is 0.876. The molecule has 0 bridgehead atoms. The summed E-state index contributed by atoms with van der Waals surface area (Å²) in [5, 5.41) is 8.31. The Morgan fingerprint density at radius 1 is 0.737 bits per heavy atom. The highest BCUT2D eigenvalue weighted by Crippen LogP contribution is 2.22. The molecule has 1 heterocycles. The lowest BCUT2D eigenvalue weighted by Crippen LogP contribution is -1.96. The highest BCUT2D eigenvalue weighted by atomic mass is 15.1. The highest BCUT2D eigenvalue weighted by Gasteiger charge is 2.07. The minimum Gasteiger partial charge on any atom is -0.159 e. The van der Waals surface area contributed by atoms with Crippen LogP contribution in [0.15, 0.2) is 72.9 Å². The Balaban J connectivity index is 1.99. The van der Waals surface area contributed by atoms with E-state index in [9.17, 15) is 0 Å². The van der Waals surface area contributed by atoms with Crippen LogP contribution in [0.3, 0.4) is 0 Å². The van der Waals surface area contributed by atoms with Crippen LogP contribution in [0.4, 0.5) is 0 Å². The van der Waals surface area contributed by atoms with Gasteiger partial charge in [0.05, 0.1) is 5.69 Å². The molecular weight excluding hydrogens is 232 g/mol. The average molecular weight is 246 g/mol. The van der Waals surface area contributed by atoms with Crippen LogP contribution in [-0.4, -0.2) is 10.2 Å². The molecule has 0 unspecified atom stereocenters. The molecular formula is C17H14N2. The van der Waals surface area contributed by atoms with Gasteiger partial charge in [-0.05, 0) is 23.6 Å². The lowest BCUT2D eigenvalue weighted by molar-refractivity contribution is 1.00. The van der Waals surface area contributed by atoms with Crippen molar-refractivity contribution in [1.29, 1.82) is 0 Å². The lowest BCUT2D eigenvalue weighted by Gasteiger charge is -2.07. The standard InChI is InChI=1S/C17H14N2/c1-3-7-14(8-4-1)13-16-11-12-18-19-17(16)15-9-5-2-6-10-15/h1-12H,13H2. The summed E-state index contributed by atoms with van der Waals surface area (Å²) in [6, 6.07) is 22.7. The molecule has 0 radical (unpaired) electrons. The fraction of sp³-hybridized carbons (Fsp3) is 0.0588. The van der Waals surface area contributed by atoms with Crippen molar-refractivity contribution in [1.82, 2.24) is 10.2 Å². The molecule has 3 rings (SSSR count). The zero-order chi connectivity index (χ0) is 12.9. The van der Waals surface area contributed by atoms with E-state index in [4.69, 9.17) is 0 Å². The van der Waals surface area contributed by atoms with E-state index in [-0.39, 0.29) is 0 Å². The molecule has 92 valence electrons. The maximum absolute atomic E-state index is 4.30. The minimum atomic E-state index is 0.876.